The molecule has 1 aliphatic rings. The van der Waals surface area contributed by atoms with Crippen LogP contribution in [-0.2, 0) is 0 Å². The van der Waals surface area contributed by atoms with Crippen molar-refractivity contribution >= 4 is 5.82 Å². The van der Waals surface area contributed by atoms with Gasteiger partial charge < -0.3 is 10.2 Å². The number of aromatic nitrogens is 1. The minimum Gasteiger partial charge on any atom is -0.354 e. The van der Waals surface area contributed by atoms with Crippen LogP contribution >= 0.6 is 0 Å². The van der Waals surface area contributed by atoms with E-state index in [0.29, 0.717) is 6.04 Å². The van der Waals surface area contributed by atoms with Gasteiger partial charge in [0.2, 0.25) is 0 Å². The van der Waals surface area contributed by atoms with E-state index in [2.05, 4.69) is 46.1 Å². The number of piperazine rings is 1. The average Bonchev–Trinajstić information content (AvgIpc) is 2.55. The first-order valence-electron chi connectivity index (χ1n) is 8.42. The van der Waals surface area contributed by atoms with E-state index in [0.717, 1.165) is 45.1 Å². The molecular formula is C17H30N4. The number of hydrogen-bond acceptors (Lipinski definition) is 4. The van der Waals surface area contributed by atoms with Gasteiger partial charge in [-0.3, -0.25) is 4.90 Å². The SMILES string of the molecule is CCCCCNCC(C)N1CCN(c2ccccn2)CC1. The van der Waals surface area contributed by atoms with Crippen molar-refractivity contribution in [3.63, 3.8) is 0 Å². The van der Waals surface area contributed by atoms with Crippen LogP contribution in [-0.4, -0.2) is 55.2 Å². The van der Waals surface area contributed by atoms with Crippen LogP contribution in [0.3, 0.4) is 0 Å². The third-order valence-corrected chi connectivity index (χ3v) is 4.31. The zero-order valence-corrected chi connectivity index (χ0v) is 13.6. The van der Waals surface area contributed by atoms with E-state index in [-0.39, 0.29) is 0 Å². The Bertz CT molecular complexity index is 374. The summed E-state index contributed by atoms with van der Waals surface area (Å²) in [5.41, 5.74) is 0. The van der Waals surface area contributed by atoms with Crippen molar-refractivity contribution in [1.29, 1.82) is 0 Å². The highest BCUT2D eigenvalue weighted by Crippen LogP contribution is 2.13. The lowest BCUT2D eigenvalue weighted by Crippen LogP contribution is -2.52. The molecule has 1 atom stereocenters. The van der Waals surface area contributed by atoms with Gasteiger partial charge in [-0.1, -0.05) is 25.8 Å². The van der Waals surface area contributed by atoms with Crippen LogP contribution < -0.4 is 10.2 Å². The molecule has 1 N–H and O–H groups in total. The van der Waals surface area contributed by atoms with Crippen LogP contribution in [0.4, 0.5) is 5.82 Å². The van der Waals surface area contributed by atoms with Crippen LogP contribution in [0.5, 0.6) is 0 Å². The average molecular weight is 290 g/mol. The van der Waals surface area contributed by atoms with E-state index in [9.17, 15) is 0 Å². The number of nitrogens with zero attached hydrogens (tertiary/aromatic N) is 3. The Balaban J connectivity index is 1.66. The standard InChI is InChI=1S/C17H30N4/c1-3-4-6-9-18-15-16(2)20-11-13-21(14-12-20)17-8-5-7-10-19-17/h5,7-8,10,16,18H,3-4,6,9,11-15H2,1-2H3. The van der Waals surface area contributed by atoms with E-state index in [1.807, 2.05) is 12.3 Å². The molecule has 21 heavy (non-hydrogen) atoms. The number of anilines is 1. The molecule has 0 saturated carbocycles. The maximum atomic E-state index is 4.45. The highest BCUT2D eigenvalue weighted by Gasteiger charge is 2.21. The second-order valence-electron chi connectivity index (χ2n) is 5.97. The fraction of sp³-hybridized carbons (Fsp3) is 0.706. The predicted octanol–water partition coefficient (Wildman–Crippen LogP) is 2.37. The van der Waals surface area contributed by atoms with Crippen molar-refractivity contribution in [2.75, 3.05) is 44.2 Å². The molecule has 0 amide bonds. The van der Waals surface area contributed by atoms with Gasteiger partial charge >= 0.3 is 0 Å². The minimum atomic E-state index is 0.623. The second kappa shape index (κ2) is 9.00. The fourth-order valence-corrected chi connectivity index (χ4v) is 2.87. The van der Waals surface area contributed by atoms with Crippen molar-refractivity contribution in [2.24, 2.45) is 0 Å². The summed E-state index contributed by atoms with van der Waals surface area (Å²) in [5.74, 6) is 1.11. The molecular weight excluding hydrogens is 260 g/mol. The number of unbranched alkanes of at least 4 members (excludes halogenated alkanes) is 2. The predicted molar refractivity (Wildman–Crippen MR) is 89.9 cm³/mol. The first-order valence-corrected chi connectivity index (χ1v) is 8.42. The summed E-state index contributed by atoms with van der Waals surface area (Å²) in [4.78, 5) is 9.42. The largest absolute Gasteiger partial charge is 0.354 e. The molecule has 0 aromatic carbocycles. The quantitative estimate of drug-likeness (QED) is 0.745. The van der Waals surface area contributed by atoms with Crippen LogP contribution in [0.1, 0.15) is 33.1 Å². The monoisotopic (exact) mass is 290 g/mol. The van der Waals surface area contributed by atoms with Crippen LogP contribution in [0.25, 0.3) is 0 Å². The lowest BCUT2D eigenvalue weighted by Gasteiger charge is -2.38. The number of nitrogens with one attached hydrogen (secondary N) is 1. The summed E-state index contributed by atoms with van der Waals surface area (Å²) in [6, 6.07) is 6.77. The molecule has 118 valence electrons. The smallest absolute Gasteiger partial charge is 0.128 e. The molecule has 0 spiro atoms. The molecule has 1 aromatic rings. The normalized spacial score (nSPS) is 17.9. The van der Waals surface area contributed by atoms with Crippen molar-refractivity contribution in [3.8, 4) is 0 Å². The number of hydrogen-bond donors (Lipinski definition) is 1. The van der Waals surface area contributed by atoms with Gasteiger partial charge in [-0.05, 0) is 32.0 Å². The molecule has 0 radical (unpaired) electrons. The molecule has 0 aliphatic carbocycles. The zero-order valence-electron chi connectivity index (χ0n) is 13.6. The van der Waals surface area contributed by atoms with Gasteiger partial charge in [0.15, 0.2) is 0 Å². The second-order valence-corrected chi connectivity index (χ2v) is 5.97. The van der Waals surface area contributed by atoms with E-state index in [1.54, 1.807) is 0 Å². The van der Waals surface area contributed by atoms with Crippen molar-refractivity contribution < 1.29 is 0 Å². The molecule has 1 fully saturated rings. The molecule has 4 nitrogen and oxygen atoms in total. The fourth-order valence-electron chi connectivity index (χ4n) is 2.87. The van der Waals surface area contributed by atoms with Gasteiger partial charge in [0.25, 0.3) is 0 Å². The molecule has 1 aliphatic heterocycles. The Morgan fingerprint density at radius 2 is 2.00 bits per heavy atom. The summed E-state index contributed by atoms with van der Waals surface area (Å²) in [6.45, 7) is 11.3. The van der Waals surface area contributed by atoms with Crippen molar-refractivity contribution in [3.05, 3.63) is 24.4 Å². The van der Waals surface area contributed by atoms with Gasteiger partial charge in [-0.25, -0.2) is 4.98 Å². The zero-order chi connectivity index (χ0) is 14.9. The number of pyridine rings is 1. The van der Waals surface area contributed by atoms with Crippen LogP contribution in [0.2, 0.25) is 0 Å². The first-order chi connectivity index (χ1) is 10.3. The summed E-state index contributed by atoms with van der Waals surface area (Å²) in [6.07, 6.45) is 5.82. The van der Waals surface area contributed by atoms with Crippen LogP contribution in [0, 0.1) is 0 Å². The Kier molecular flexibility index (Phi) is 6.96. The third kappa shape index (κ3) is 5.29. The first kappa shape index (κ1) is 16.2. The molecule has 1 unspecified atom stereocenters. The molecule has 1 saturated heterocycles. The highest BCUT2D eigenvalue weighted by atomic mass is 15.3. The summed E-state index contributed by atoms with van der Waals surface area (Å²) < 4.78 is 0. The lowest BCUT2D eigenvalue weighted by atomic mass is 10.2. The third-order valence-electron chi connectivity index (χ3n) is 4.31. The topological polar surface area (TPSA) is 31.4 Å². The Morgan fingerprint density at radius 3 is 2.67 bits per heavy atom. The molecule has 0 bridgehead atoms. The molecule has 2 heterocycles. The van der Waals surface area contributed by atoms with Gasteiger partial charge in [0, 0.05) is 45.0 Å². The molecule has 4 heteroatoms. The number of rotatable bonds is 8. The van der Waals surface area contributed by atoms with E-state index >= 15 is 0 Å². The summed E-state index contributed by atoms with van der Waals surface area (Å²) in [5, 5.41) is 3.59. The lowest BCUT2D eigenvalue weighted by molar-refractivity contribution is 0.193. The van der Waals surface area contributed by atoms with E-state index < -0.39 is 0 Å². The van der Waals surface area contributed by atoms with Gasteiger partial charge in [0.1, 0.15) is 5.82 Å². The van der Waals surface area contributed by atoms with Crippen molar-refractivity contribution in [1.82, 2.24) is 15.2 Å². The van der Waals surface area contributed by atoms with Gasteiger partial charge in [-0.15, -0.1) is 0 Å². The highest BCUT2D eigenvalue weighted by molar-refractivity contribution is 5.38. The van der Waals surface area contributed by atoms with Gasteiger partial charge in [0.05, 0.1) is 0 Å². The Morgan fingerprint density at radius 1 is 1.19 bits per heavy atom. The summed E-state index contributed by atoms with van der Waals surface area (Å²) in [7, 11) is 0. The molecule has 2 rings (SSSR count). The Hall–Kier alpha value is -1.13. The minimum absolute atomic E-state index is 0.623. The van der Waals surface area contributed by atoms with E-state index in [4.69, 9.17) is 0 Å². The maximum absolute atomic E-state index is 4.45. The maximum Gasteiger partial charge on any atom is 0.128 e. The summed E-state index contributed by atoms with van der Waals surface area (Å²) >= 11 is 0. The van der Waals surface area contributed by atoms with E-state index in [1.165, 1.54) is 19.3 Å². The molecule has 1 aromatic heterocycles. The van der Waals surface area contributed by atoms with Crippen molar-refractivity contribution in [2.45, 2.75) is 39.2 Å². The van der Waals surface area contributed by atoms with Gasteiger partial charge in [-0.2, -0.15) is 0 Å². The van der Waals surface area contributed by atoms with Crippen LogP contribution in [0.15, 0.2) is 24.4 Å². The Labute approximate surface area is 129 Å².